The number of hydrogen-bond donors (Lipinski definition) is 1. The van der Waals surface area contributed by atoms with Gasteiger partial charge in [-0.2, -0.15) is 0 Å². The van der Waals surface area contributed by atoms with Crippen molar-refractivity contribution in [1.29, 1.82) is 0 Å². The number of rotatable bonds is 2. The zero-order valence-electron chi connectivity index (χ0n) is 16.9. The zero-order valence-corrected chi connectivity index (χ0v) is 16.9. The Hall–Kier alpha value is -1.79. The van der Waals surface area contributed by atoms with E-state index in [4.69, 9.17) is 4.74 Å². The minimum absolute atomic E-state index is 0.0802. The minimum Gasteiger partial charge on any atom is -0.444 e. The summed E-state index contributed by atoms with van der Waals surface area (Å²) >= 11 is 0. The standard InChI is InChI=1S/C19H33N3O4/c1-18(2,3)26-17(25)22-11-7-10-19(4,5)15(22)16(24)20-13-8-9-14(23)21(6)12-13/h13,15H,7-12H2,1-6H3,(H,20,24)/t13-,15-/m1/s1. The summed E-state index contributed by atoms with van der Waals surface area (Å²) in [5.74, 6) is -0.0582. The molecule has 0 saturated carbocycles. The third kappa shape index (κ3) is 4.89. The Morgan fingerprint density at radius 1 is 1.27 bits per heavy atom. The number of amides is 3. The molecule has 7 heteroatoms. The quantitative estimate of drug-likeness (QED) is 0.811. The van der Waals surface area contributed by atoms with Crippen LogP contribution in [0.25, 0.3) is 0 Å². The van der Waals surface area contributed by atoms with Gasteiger partial charge in [-0.1, -0.05) is 13.8 Å². The zero-order chi connectivity index (χ0) is 19.7. The van der Waals surface area contributed by atoms with Crippen molar-refractivity contribution in [3.05, 3.63) is 0 Å². The van der Waals surface area contributed by atoms with Gasteiger partial charge in [-0.3, -0.25) is 14.5 Å². The molecule has 2 atom stereocenters. The topological polar surface area (TPSA) is 79.0 Å². The Morgan fingerprint density at radius 2 is 1.92 bits per heavy atom. The molecule has 2 fully saturated rings. The maximum Gasteiger partial charge on any atom is 0.410 e. The smallest absolute Gasteiger partial charge is 0.410 e. The molecule has 26 heavy (non-hydrogen) atoms. The van der Waals surface area contributed by atoms with E-state index in [2.05, 4.69) is 5.32 Å². The molecule has 2 heterocycles. The van der Waals surface area contributed by atoms with E-state index in [9.17, 15) is 14.4 Å². The summed E-state index contributed by atoms with van der Waals surface area (Å²) in [6, 6.07) is -0.655. The predicted molar refractivity (Wildman–Crippen MR) is 98.5 cm³/mol. The molecule has 0 bridgehead atoms. The highest BCUT2D eigenvalue weighted by Gasteiger charge is 2.46. The molecule has 7 nitrogen and oxygen atoms in total. The van der Waals surface area contributed by atoms with Crippen molar-refractivity contribution in [1.82, 2.24) is 15.1 Å². The van der Waals surface area contributed by atoms with Gasteiger partial charge in [0.1, 0.15) is 11.6 Å². The van der Waals surface area contributed by atoms with Gasteiger partial charge in [-0.05, 0) is 45.4 Å². The monoisotopic (exact) mass is 367 g/mol. The highest BCUT2D eigenvalue weighted by atomic mass is 16.6. The van der Waals surface area contributed by atoms with E-state index in [0.29, 0.717) is 25.9 Å². The van der Waals surface area contributed by atoms with Gasteiger partial charge < -0.3 is 15.0 Å². The van der Waals surface area contributed by atoms with Crippen molar-refractivity contribution in [2.45, 2.75) is 78.0 Å². The van der Waals surface area contributed by atoms with E-state index in [1.54, 1.807) is 16.8 Å². The molecule has 0 radical (unpaired) electrons. The molecule has 0 aromatic heterocycles. The third-order valence-electron chi connectivity index (χ3n) is 5.12. The van der Waals surface area contributed by atoms with Crippen molar-refractivity contribution >= 4 is 17.9 Å². The van der Waals surface area contributed by atoms with Crippen LogP contribution in [0.4, 0.5) is 4.79 Å². The van der Waals surface area contributed by atoms with Crippen LogP contribution in [0, 0.1) is 5.41 Å². The fraction of sp³-hybridized carbons (Fsp3) is 0.842. The Kier molecular flexibility index (Phi) is 5.88. The lowest BCUT2D eigenvalue weighted by atomic mass is 9.76. The second-order valence-electron chi connectivity index (χ2n) is 9.19. The lowest BCUT2D eigenvalue weighted by Gasteiger charge is -2.46. The van der Waals surface area contributed by atoms with E-state index < -0.39 is 17.7 Å². The van der Waals surface area contributed by atoms with Crippen molar-refractivity contribution in [3.63, 3.8) is 0 Å². The van der Waals surface area contributed by atoms with Gasteiger partial charge in [0.2, 0.25) is 11.8 Å². The number of ether oxygens (including phenoxy) is 1. The van der Waals surface area contributed by atoms with Gasteiger partial charge in [0.25, 0.3) is 0 Å². The maximum absolute atomic E-state index is 13.1. The second kappa shape index (κ2) is 7.45. The van der Waals surface area contributed by atoms with Gasteiger partial charge in [-0.25, -0.2) is 4.79 Å². The van der Waals surface area contributed by atoms with Crippen LogP contribution in [-0.2, 0) is 14.3 Å². The Labute approximate surface area is 156 Å². The van der Waals surface area contributed by atoms with Crippen LogP contribution in [0.15, 0.2) is 0 Å². The summed E-state index contributed by atoms with van der Waals surface area (Å²) < 4.78 is 5.53. The molecule has 0 spiro atoms. The van der Waals surface area contributed by atoms with Crippen molar-refractivity contribution in [2.75, 3.05) is 20.1 Å². The van der Waals surface area contributed by atoms with Crippen LogP contribution in [0.5, 0.6) is 0 Å². The van der Waals surface area contributed by atoms with Crippen LogP contribution in [0.2, 0.25) is 0 Å². The molecule has 0 unspecified atom stereocenters. The van der Waals surface area contributed by atoms with Gasteiger partial charge >= 0.3 is 6.09 Å². The number of piperidine rings is 2. The Morgan fingerprint density at radius 3 is 2.50 bits per heavy atom. The number of nitrogens with zero attached hydrogens (tertiary/aromatic N) is 2. The lowest BCUT2D eigenvalue weighted by molar-refractivity contribution is -0.137. The molecule has 2 aliphatic rings. The van der Waals surface area contributed by atoms with Crippen LogP contribution in [0.3, 0.4) is 0 Å². The average Bonchev–Trinajstić information content (AvgIpc) is 2.47. The van der Waals surface area contributed by atoms with E-state index in [-0.39, 0.29) is 23.3 Å². The van der Waals surface area contributed by atoms with Crippen LogP contribution in [0.1, 0.15) is 60.3 Å². The SMILES string of the molecule is CN1C[C@H](NC(=O)[C@H]2N(C(=O)OC(C)(C)C)CCCC2(C)C)CCC1=O. The van der Waals surface area contributed by atoms with E-state index in [0.717, 1.165) is 12.8 Å². The van der Waals surface area contributed by atoms with E-state index in [1.807, 2.05) is 34.6 Å². The molecular weight excluding hydrogens is 334 g/mol. The molecule has 0 aromatic rings. The molecule has 2 aliphatic heterocycles. The summed E-state index contributed by atoms with van der Waals surface area (Å²) in [7, 11) is 1.75. The first-order valence-corrected chi connectivity index (χ1v) is 9.45. The molecule has 2 saturated heterocycles. The second-order valence-corrected chi connectivity index (χ2v) is 9.19. The Bertz CT molecular complexity index is 568. The van der Waals surface area contributed by atoms with E-state index in [1.165, 1.54) is 0 Å². The molecule has 0 aliphatic carbocycles. The third-order valence-corrected chi connectivity index (χ3v) is 5.12. The van der Waals surface area contributed by atoms with Gasteiger partial charge in [0.15, 0.2) is 0 Å². The molecule has 3 amide bonds. The van der Waals surface area contributed by atoms with Crippen molar-refractivity contribution < 1.29 is 19.1 Å². The molecular formula is C19H33N3O4. The Balaban J connectivity index is 2.13. The largest absolute Gasteiger partial charge is 0.444 e. The van der Waals surface area contributed by atoms with Crippen LogP contribution < -0.4 is 5.32 Å². The van der Waals surface area contributed by atoms with Gasteiger partial charge in [0, 0.05) is 32.6 Å². The fourth-order valence-electron chi connectivity index (χ4n) is 3.82. The number of carbonyl (C=O) groups excluding carboxylic acids is 3. The summed E-state index contributed by atoms with van der Waals surface area (Å²) in [4.78, 5) is 40.6. The number of nitrogens with one attached hydrogen (secondary N) is 1. The maximum atomic E-state index is 13.1. The van der Waals surface area contributed by atoms with Crippen molar-refractivity contribution in [2.24, 2.45) is 5.41 Å². The predicted octanol–water partition coefficient (Wildman–Crippen LogP) is 2.15. The fourth-order valence-corrected chi connectivity index (χ4v) is 3.82. The number of hydrogen-bond acceptors (Lipinski definition) is 4. The molecule has 148 valence electrons. The summed E-state index contributed by atoms with van der Waals surface area (Å²) in [5.41, 5.74) is -0.943. The van der Waals surface area contributed by atoms with Crippen molar-refractivity contribution in [3.8, 4) is 0 Å². The first-order chi connectivity index (χ1) is 11.9. The average molecular weight is 367 g/mol. The molecule has 0 aromatic carbocycles. The highest BCUT2D eigenvalue weighted by Crippen LogP contribution is 2.36. The van der Waals surface area contributed by atoms with Gasteiger partial charge in [0.05, 0.1) is 0 Å². The molecule has 1 N–H and O–H groups in total. The first-order valence-electron chi connectivity index (χ1n) is 9.45. The summed E-state index contributed by atoms with van der Waals surface area (Å²) in [6.07, 6.45) is 2.34. The minimum atomic E-state index is -0.605. The van der Waals surface area contributed by atoms with Crippen LogP contribution >= 0.6 is 0 Å². The van der Waals surface area contributed by atoms with E-state index >= 15 is 0 Å². The summed E-state index contributed by atoms with van der Waals surface area (Å²) in [6.45, 7) is 10.5. The lowest BCUT2D eigenvalue weighted by Crippen LogP contribution is -2.62. The molecule has 2 rings (SSSR count). The number of carbonyl (C=O) groups is 3. The number of likely N-dealkylation sites (N-methyl/N-ethyl adjacent to an activating group) is 1. The number of likely N-dealkylation sites (tertiary alicyclic amines) is 2. The first kappa shape index (κ1) is 20.5. The summed E-state index contributed by atoms with van der Waals surface area (Å²) in [5, 5.41) is 3.06. The normalized spacial score (nSPS) is 26.5. The van der Waals surface area contributed by atoms with Gasteiger partial charge in [-0.15, -0.1) is 0 Å². The highest BCUT2D eigenvalue weighted by molar-refractivity contribution is 5.87. The van der Waals surface area contributed by atoms with Crippen LogP contribution in [-0.4, -0.2) is 65.5 Å².